The van der Waals surface area contributed by atoms with Gasteiger partial charge >= 0.3 is 0 Å². The van der Waals surface area contributed by atoms with Gasteiger partial charge in [0.05, 0.1) is 20.3 Å². The summed E-state index contributed by atoms with van der Waals surface area (Å²) in [6.45, 7) is 1.69. The van der Waals surface area contributed by atoms with Gasteiger partial charge in [0.2, 0.25) is 0 Å². The Hall–Kier alpha value is -2.69. The predicted molar refractivity (Wildman–Crippen MR) is 86.2 cm³/mol. The van der Waals surface area contributed by atoms with Crippen LogP contribution in [0.3, 0.4) is 0 Å². The molecule has 0 bridgehead atoms. The van der Waals surface area contributed by atoms with E-state index >= 15 is 0 Å². The van der Waals surface area contributed by atoms with Gasteiger partial charge in [-0.15, -0.1) is 0 Å². The first-order chi connectivity index (χ1) is 11.3. The molecular formula is C18H19NO4. The van der Waals surface area contributed by atoms with Gasteiger partial charge in [0, 0.05) is 18.5 Å². The van der Waals surface area contributed by atoms with Crippen LogP contribution in [0.25, 0.3) is 0 Å². The second-order valence-electron chi connectivity index (χ2n) is 5.24. The normalized spacial score (nSPS) is 13.1. The molecule has 1 N–H and O–H groups in total. The number of carbonyl (C=O) groups excluding carboxylic acids is 1. The van der Waals surface area contributed by atoms with Crippen molar-refractivity contribution >= 4 is 5.91 Å². The van der Waals surface area contributed by atoms with Crippen molar-refractivity contribution in [2.45, 2.75) is 13.0 Å². The summed E-state index contributed by atoms with van der Waals surface area (Å²) < 4.78 is 16.3. The average Bonchev–Trinajstić information content (AvgIpc) is 2.84. The zero-order valence-electron chi connectivity index (χ0n) is 13.0. The van der Waals surface area contributed by atoms with Crippen molar-refractivity contribution in [3.63, 3.8) is 0 Å². The molecule has 0 spiro atoms. The molecule has 2 aromatic rings. The topological polar surface area (TPSA) is 56.8 Å². The molecular weight excluding hydrogens is 294 g/mol. The van der Waals surface area contributed by atoms with E-state index in [1.165, 1.54) is 0 Å². The van der Waals surface area contributed by atoms with Crippen molar-refractivity contribution in [3.05, 3.63) is 53.6 Å². The van der Waals surface area contributed by atoms with Gasteiger partial charge in [-0.2, -0.15) is 0 Å². The van der Waals surface area contributed by atoms with E-state index < -0.39 is 0 Å². The van der Waals surface area contributed by atoms with Crippen LogP contribution in [-0.2, 0) is 6.54 Å². The summed E-state index contributed by atoms with van der Waals surface area (Å²) in [7, 11) is 1.63. The van der Waals surface area contributed by atoms with Gasteiger partial charge in [-0.05, 0) is 35.9 Å². The maximum Gasteiger partial charge on any atom is 0.251 e. The molecule has 1 aliphatic rings. The number of hydrogen-bond acceptors (Lipinski definition) is 4. The largest absolute Gasteiger partial charge is 0.497 e. The molecule has 2 aromatic carbocycles. The van der Waals surface area contributed by atoms with Crippen molar-refractivity contribution in [3.8, 4) is 17.2 Å². The van der Waals surface area contributed by atoms with Gasteiger partial charge in [0.15, 0.2) is 11.5 Å². The van der Waals surface area contributed by atoms with E-state index in [2.05, 4.69) is 5.32 Å². The molecule has 0 fully saturated rings. The Bertz CT molecular complexity index is 682. The molecule has 1 aliphatic heterocycles. The molecule has 5 nitrogen and oxygen atoms in total. The Morgan fingerprint density at radius 1 is 1.09 bits per heavy atom. The summed E-state index contributed by atoms with van der Waals surface area (Å²) in [6.07, 6.45) is 0.841. The molecule has 5 heteroatoms. The first-order valence-corrected chi connectivity index (χ1v) is 7.57. The predicted octanol–water partition coefficient (Wildman–Crippen LogP) is 2.79. The highest BCUT2D eigenvalue weighted by atomic mass is 16.5. The van der Waals surface area contributed by atoms with E-state index in [9.17, 15) is 4.79 Å². The minimum absolute atomic E-state index is 0.142. The van der Waals surface area contributed by atoms with Gasteiger partial charge < -0.3 is 19.5 Å². The van der Waals surface area contributed by atoms with Crippen LogP contribution in [0.2, 0.25) is 0 Å². The Kier molecular flexibility index (Phi) is 4.66. The zero-order chi connectivity index (χ0) is 16.1. The quantitative estimate of drug-likeness (QED) is 0.943. The van der Waals surface area contributed by atoms with Gasteiger partial charge in [-0.3, -0.25) is 4.79 Å². The highest BCUT2D eigenvalue weighted by molar-refractivity contribution is 5.94. The maximum absolute atomic E-state index is 12.3. The first kappa shape index (κ1) is 15.2. The minimum Gasteiger partial charge on any atom is -0.497 e. The molecule has 0 saturated heterocycles. The van der Waals surface area contributed by atoms with Crippen LogP contribution in [0.1, 0.15) is 22.3 Å². The fourth-order valence-electron chi connectivity index (χ4n) is 2.33. The first-order valence-electron chi connectivity index (χ1n) is 7.57. The highest BCUT2D eigenvalue weighted by Gasteiger charge is 2.14. The highest BCUT2D eigenvalue weighted by Crippen LogP contribution is 2.30. The molecule has 23 heavy (non-hydrogen) atoms. The summed E-state index contributed by atoms with van der Waals surface area (Å²) in [5, 5.41) is 2.90. The number of carbonyl (C=O) groups is 1. The van der Waals surface area contributed by atoms with Crippen LogP contribution in [0.4, 0.5) is 0 Å². The third-order valence-corrected chi connectivity index (χ3v) is 3.62. The van der Waals surface area contributed by atoms with Crippen LogP contribution in [0.15, 0.2) is 42.5 Å². The monoisotopic (exact) mass is 313 g/mol. The van der Waals surface area contributed by atoms with E-state index in [0.29, 0.717) is 36.8 Å². The summed E-state index contributed by atoms with van der Waals surface area (Å²) in [5.41, 5.74) is 1.57. The van der Waals surface area contributed by atoms with Gasteiger partial charge in [0.1, 0.15) is 5.75 Å². The molecule has 0 atom stereocenters. The Morgan fingerprint density at radius 3 is 2.57 bits per heavy atom. The Balaban J connectivity index is 1.64. The molecule has 120 valence electrons. The number of amides is 1. The summed E-state index contributed by atoms with van der Waals surface area (Å²) in [4.78, 5) is 12.3. The van der Waals surface area contributed by atoms with E-state index in [1.807, 2.05) is 24.3 Å². The van der Waals surface area contributed by atoms with Crippen LogP contribution in [0.5, 0.6) is 17.2 Å². The Morgan fingerprint density at radius 2 is 1.83 bits per heavy atom. The summed E-state index contributed by atoms with van der Waals surface area (Å²) >= 11 is 0. The molecule has 0 saturated carbocycles. The third kappa shape index (κ3) is 3.74. The summed E-state index contributed by atoms with van der Waals surface area (Å²) in [5.74, 6) is 1.97. The van der Waals surface area contributed by atoms with Crippen molar-refractivity contribution in [2.75, 3.05) is 20.3 Å². The van der Waals surface area contributed by atoms with Crippen molar-refractivity contribution in [1.82, 2.24) is 5.32 Å². The molecule has 3 rings (SSSR count). The number of nitrogens with one attached hydrogen (secondary N) is 1. The molecule has 0 radical (unpaired) electrons. The minimum atomic E-state index is -0.142. The Labute approximate surface area is 135 Å². The fourth-order valence-corrected chi connectivity index (χ4v) is 2.33. The van der Waals surface area contributed by atoms with E-state index in [-0.39, 0.29) is 5.91 Å². The molecule has 0 aromatic heterocycles. The van der Waals surface area contributed by atoms with Crippen LogP contribution >= 0.6 is 0 Å². The molecule has 1 amide bonds. The standard InChI is InChI=1S/C18H19NO4/c1-21-15-6-3-13(4-7-15)12-19-18(20)14-5-8-16-17(11-14)23-10-2-9-22-16/h3-8,11H,2,9-10,12H2,1H3,(H,19,20). The van der Waals surface area contributed by atoms with Crippen molar-refractivity contribution in [2.24, 2.45) is 0 Å². The van der Waals surface area contributed by atoms with Gasteiger partial charge in [-0.1, -0.05) is 12.1 Å². The lowest BCUT2D eigenvalue weighted by Gasteiger charge is -2.10. The van der Waals surface area contributed by atoms with Crippen molar-refractivity contribution in [1.29, 1.82) is 0 Å². The number of ether oxygens (including phenoxy) is 3. The third-order valence-electron chi connectivity index (χ3n) is 3.62. The second-order valence-corrected chi connectivity index (χ2v) is 5.24. The number of fused-ring (bicyclic) bond motifs is 1. The molecule has 0 unspecified atom stereocenters. The SMILES string of the molecule is COc1ccc(CNC(=O)c2ccc3c(c2)OCCCO3)cc1. The van der Waals surface area contributed by atoms with Crippen LogP contribution < -0.4 is 19.5 Å². The lowest BCUT2D eigenvalue weighted by molar-refractivity contribution is 0.0950. The van der Waals surface area contributed by atoms with Gasteiger partial charge in [0.25, 0.3) is 5.91 Å². The van der Waals surface area contributed by atoms with E-state index in [4.69, 9.17) is 14.2 Å². The zero-order valence-corrected chi connectivity index (χ0v) is 13.0. The number of methoxy groups -OCH3 is 1. The maximum atomic E-state index is 12.3. The number of hydrogen-bond donors (Lipinski definition) is 1. The van der Waals surface area contributed by atoms with Crippen LogP contribution in [0, 0.1) is 0 Å². The lowest BCUT2D eigenvalue weighted by Crippen LogP contribution is -2.22. The van der Waals surface area contributed by atoms with E-state index in [1.54, 1.807) is 25.3 Å². The van der Waals surface area contributed by atoms with Crippen molar-refractivity contribution < 1.29 is 19.0 Å². The van der Waals surface area contributed by atoms with E-state index in [0.717, 1.165) is 17.7 Å². The van der Waals surface area contributed by atoms with Gasteiger partial charge in [-0.25, -0.2) is 0 Å². The molecule has 1 heterocycles. The summed E-state index contributed by atoms with van der Waals surface area (Å²) in [6, 6.07) is 12.8. The number of benzene rings is 2. The number of rotatable bonds is 4. The lowest BCUT2D eigenvalue weighted by atomic mass is 10.1. The fraction of sp³-hybridized carbons (Fsp3) is 0.278. The second kappa shape index (κ2) is 7.05. The molecule has 0 aliphatic carbocycles. The smallest absolute Gasteiger partial charge is 0.251 e. The average molecular weight is 313 g/mol. The van der Waals surface area contributed by atoms with Crippen LogP contribution in [-0.4, -0.2) is 26.2 Å².